The lowest BCUT2D eigenvalue weighted by atomic mass is 10.2. The van der Waals surface area contributed by atoms with Crippen LogP contribution in [-0.2, 0) is 11.0 Å². The van der Waals surface area contributed by atoms with Crippen molar-refractivity contribution in [1.29, 1.82) is 0 Å². The van der Waals surface area contributed by atoms with Crippen LogP contribution >= 0.6 is 15.9 Å². The zero-order valence-corrected chi connectivity index (χ0v) is 18.7. The second-order valence-corrected chi connectivity index (χ2v) is 13.0. The van der Waals surface area contributed by atoms with Gasteiger partial charge in [-0.3, -0.25) is 0 Å². The summed E-state index contributed by atoms with van der Waals surface area (Å²) in [5.74, 6) is 0. The number of hydrogen-bond donors (Lipinski definition) is 1. The van der Waals surface area contributed by atoms with E-state index in [0.717, 1.165) is 15.7 Å². The second-order valence-electron chi connectivity index (χ2n) is 7.80. The van der Waals surface area contributed by atoms with E-state index in [2.05, 4.69) is 97.4 Å². The minimum absolute atomic E-state index is 0.0392. The molecule has 3 rings (SSSR count). The van der Waals surface area contributed by atoms with Crippen LogP contribution in [0.3, 0.4) is 0 Å². The molecule has 0 aliphatic rings. The predicted octanol–water partition coefficient (Wildman–Crippen LogP) is 5.11. The van der Waals surface area contributed by atoms with Gasteiger partial charge in [0, 0.05) is 10.2 Å². The number of nitrogens with two attached hydrogens (primary N) is 1. The van der Waals surface area contributed by atoms with E-state index >= 15 is 0 Å². The third kappa shape index (κ3) is 4.03. The Balaban J connectivity index is 2.13. The molecule has 4 heteroatoms. The van der Waals surface area contributed by atoms with E-state index in [1.165, 1.54) is 10.4 Å². The molecule has 0 heterocycles. The fourth-order valence-electron chi connectivity index (χ4n) is 3.65. The molecule has 140 valence electrons. The summed E-state index contributed by atoms with van der Waals surface area (Å²) in [5, 5.41) is 2.52. The van der Waals surface area contributed by atoms with Crippen molar-refractivity contribution in [1.82, 2.24) is 0 Å². The van der Waals surface area contributed by atoms with Crippen molar-refractivity contribution < 1.29 is 4.43 Å². The van der Waals surface area contributed by atoms with E-state index in [4.69, 9.17) is 10.2 Å². The summed E-state index contributed by atoms with van der Waals surface area (Å²) in [6.45, 7) is 7.37. The van der Waals surface area contributed by atoms with Crippen LogP contribution < -0.4 is 16.1 Å². The Hall–Kier alpha value is -1.88. The van der Waals surface area contributed by atoms with Gasteiger partial charge in [0.05, 0.1) is 6.61 Å². The Labute approximate surface area is 171 Å². The molecule has 2 N–H and O–H groups in total. The summed E-state index contributed by atoms with van der Waals surface area (Å²) >= 11 is 3.64. The van der Waals surface area contributed by atoms with Crippen molar-refractivity contribution in [3.63, 3.8) is 0 Å². The molecule has 0 unspecified atom stereocenters. The standard InChI is InChI=1S/C23H26BrNOSi/c1-23(2,3)27(20-10-6-4-7-11-20,21-12-8-5-9-13-21)26-17-18-16-19(25)14-15-22(18)24/h4-16H,17,25H2,1-3H3. The Morgan fingerprint density at radius 1 is 0.852 bits per heavy atom. The van der Waals surface area contributed by atoms with E-state index in [9.17, 15) is 0 Å². The Morgan fingerprint density at radius 3 is 1.85 bits per heavy atom. The van der Waals surface area contributed by atoms with E-state index < -0.39 is 8.32 Å². The molecular weight excluding hydrogens is 414 g/mol. The van der Waals surface area contributed by atoms with Crippen LogP contribution in [0.2, 0.25) is 5.04 Å². The summed E-state index contributed by atoms with van der Waals surface area (Å²) in [6, 6.07) is 27.2. The maximum Gasteiger partial charge on any atom is 0.261 e. The summed E-state index contributed by atoms with van der Waals surface area (Å²) in [4.78, 5) is 0. The molecule has 3 aromatic carbocycles. The van der Waals surface area contributed by atoms with Gasteiger partial charge in [-0.2, -0.15) is 0 Å². The molecule has 3 aromatic rings. The van der Waals surface area contributed by atoms with Gasteiger partial charge in [-0.1, -0.05) is 97.4 Å². The monoisotopic (exact) mass is 439 g/mol. The molecule has 0 saturated carbocycles. The largest absolute Gasteiger partial charge is 0.403 e. The van der Waals surface area contributed by atoms with E-state index in [1.54, 1.807) is 0 Å². The maximum atomic E-state index is 6.94. The molecule has 0 spiro atoms. The van der Waals surface area contributed by atoms with Crippen molar-refractivity contribution in [3.05, 3.63) is 88.9 Å². The van der Waals surface area contributed by atoms with Crippen LogP contribution in [0.5, 0.6) is 0 Å². The normalized spacial score (nSPS) is 12.1. The van der Waals surface area contributed by atoms with E-state index in [-0.39, 0.29) is 5.04 Å². The van der Waals surface area contributed by atoms with Crippen LogP contribution in [0.15, 0.2) is 83.3 Å². The third-order valence-corrected chi connectivity index (χ3v) is 10.7. The van der Waals surface area contributed by atoms with Crippen LogP contribution in [0.25, 0.3) is 0 Å². The van der Waals surface area contributed by atoms with Crippen LogP contribution in [0, 0.1) is 0 Å². The Morgan fingerprint density at radius 2 is 1.37 bits per heavy atom. The van der Waals surface area contributed by atoms with Gasteiger partial charge in [-0.15, -0.1) is 0 Å². The predicted molar refractivity (Wildman–Crippen MR) is 121 cm³/mol. The molecule has 0 atom stereocenters. The average Bonchev–Trinajstić information content (AvgIpc) is 2.65. The number of rotatable bonds is 5. The lowest BCUT2D eigenvalue weighted by Crippen LogP contribution is -2.66. The van der Waals surface area contributed by atoms with Crippen molar-refractivity contribution in [2.45, 2.75) is 32.4 Å². The van der Waals surface area contributed by atoms with Gasteiger partial charge in [-0.05, 0) is 39.2 Å². The van der Waals surface area contributed by atoms with Crippen LogP contribution in [-0.4, -0.2) is 8.32 Å². The fraction of sp³-hybridized carbons (Fsp3) is 0.217. The molecule has 27 heavy (non-hydrogen) atoms. The van der Waals surface area contributed by atoms with Gasteiger partial charge >= 0.3 is 0 Å². The molecular formula is C23H26BrNOSi. The molecule has 2 nitrogen and oxygen atoms in total. The molecule has 0 aliphatic carbocycles. The minimum Gasteiger partial charge on any atom is -0.403 e. The summed E-state index contributed by atoms with van der Waals surface area (Å²) in [5.41, 5.74) is 7.83. The first-order valence-corrected chi connectivity index (χ1v) is 11.8. The molecule has 0 aliphatic heterocycles. The molecule has 0 radical (unpaired) electrons. The first kappa shape index (κ1) is 19.9. The Kier molecular flexibility index (Phi) is 5.89. The molecule has 0 fully saturated rings. The van der Waals surface area contributed by atoms with Crippen molar-refractivity contribution in [2.75, 3.05) is 5.73 Å². The SMILES string of the molecule is CC(C)(C)[Si](OCc1cc(N)ccc1Br)(c1ccccc1)c1ccccc1. The first-order chi connectivity index (χ1) is 12.8. The van der Waals surface area contributed by atoms with Crippen LogP contribution in [0.1, 0.15) is 26.3 Å². The number of halogens is 1. The van der Waals surface area contributed by atoms with Gasteiger partial charge in [0.2, 0.25) is 0 Å². The molecule has 0 aromatic heterocycles. The lowest BCUT2D eigenvalue weighted by Gasteiger charge is -2.43. The van der Waals surface area contributed by atoms with Gasteiger partial charge < -0.3 is 10.2 Å². The minimum atomic E-state index is -2.53. The highest BCUT2D eigenvalue weighted by atomic mass is 79.9. The highest BCUT2D eigenvalue weighted by molar-refractivity contribution is 9.10. The average molecular weight is 440 g/mol. The number of hydrogen-bond acceptors (Lipinski definition) is 2. The van der Waals surface area contributed by atoms with E-state index in [1.807, 2.05) is 18.2 Å². The smallest absolute Gasteiger partial charge is 0.261 e. The van der Waals surface area contributed by atoms with Gasteiger partial charge in [-0.25, -0.2) is 0 Å². The molecule has 0 saturated heterocycles. The van der Waals surface area contributed by atoms with E-state index in [0.29, 0.717) is 6.61 Å². The first-order valence-electron chi connectivity index (χ1n) is 9.13. The van der Waals surface area contributed by atoms with Crippen LogP contribution in [0.4, 0.5) is 5.69 Å². The summed E-state index contributed by atoms with van der Waals surface area (Å²) in [7, 11) is -2.53. The number of anilines is 1. The number of nitrogen functional groups attached to an aromatic ring is 1. The quantitative estimate of drug-likeness (QED) is 0.442. The molecule has 0 amide bonds. The maximum absolute atomic E-state index is 6.94. The highest BCUT2D eigenvalue weighted by Crippen LogP contribution is 2.37. The fourth-order valence-corrected chi connectivity index (χ4v) is 8.54. The molecule has 0 bridgehead atoms. The third-order valence-electron chi connectivity index (χ3n) is 4.93. The zero-order valence-electron chi connectivity index (χ0n) is 16.1. The van der Waals surface area contributed by atoms with Crippen molar-refractivity contribution in [3.8, 4) is 0 Å². The van der Waals surface area contributed by atoms with Crippen molar-refractivity contribution >= 4 is 40.3 Å². The van der Waals surface area contributed by atoms with Gasteiger partial charge in [0.25, 0.3) is 8.32 Å². The summed E-state index contributed by atoms with van der Waals surface area (Å²) < 4.78 is 7.96. The Bertz CT molecular complexity index is 852. The number of benzene rings is 3. The van der Waals surface area contributed by atoms with Gasteiger partial charge in [0.1, 0.15) is 0 Å². The van der Waals surface area contributed by atoms with Crippen molar-refractivity contribution in [2.24, 2.45) is 0 Å². The topological polar surface area (TPSA) is 35.2 Å². The second kappa shape index (κ2) is 8.01. The highest BCUT2D eigenvalue weighted by Gasteiger charge is 2.50. The zero-order chi connectivity index (χ0) is 19.5. The lowest BCUT2D eigenvalue weighted by molar-refractivity contribution is 0.285. The van der Waals surface area contributed by atoms with Gasteiger partial charge in [0.15, 0.2) is 0 Å². The summed E-state index contributed by atoms with van der Waals surface area (Å²) in [6.07, 6.45) is 0.